The molecule has 0 fully saturated rings. The van der Waals surface area contributed by atoms with Crippen LogP contribution in [0.1, 0.15) is 0 Å². The topological polar surface area (TPSA) is 36.3 Å². The Balaban J connectivity index is 0.00000220. The van der Waals surface area contributed by atoms with Gasteiger partial charge in [0.2, 0.25) is 0 Å². The molecule has 0 saturated heterocycles. The fourth-order valence-electron chi connectivity index (χ4n) is 1.72. The second-order valence-corrected chi connectivity index (χ2v) is 4.10. The summed E-state index contributed by atoms with van der Waals surface area (Å²) in [6.45, 7) is -4.67. The van der Waals surface area contributed by atoms with Crippen LogP contribution in [-0.4, -0.2) is 30.5 Å². The molecule has 0 aliphatic heterocycles. The van der Waals surface area contributed by atoms with Crippen molar-refractivity contribution in [1.29, 1.82) is 0 Å². The number of nitrogens with zero attached hydrogens (tertiary/aromatic N) is 2. The molecule has 1 aromatic heterocycles. The van der Waals surface area contributed by atoms with Crippen molar-refractivity contribution >= 4 is 12.4 Å². The zero-order valence-corrected chi connectivity index (χ0v) is 14.9. The first kappa shape index (κ1) is 18.6. The van der Waals surface area contributed by atoms with Crippen LogP contribution in [0, 0.1) is 0 Å². The molecule has 2 rings (SSSR count). The zero-order chi connectivity index (χ0) is 14.6. The van der Waals surface area contributed by atoms with Gasteiger partial charge in [0.1, 0.15) is 12.4 Å². The van der Waals surface area contributed by atoms with Gasteiger partial charge in [0.15, 0.2) is 0 Å². The number of benzene rings is 1. The first-order valence-corrected chi connectivity index (χ1v) is 5.99. The van der Waals surface area contributed by atoms with E-state index in [1.165, 1.54) is 19.2 Å². The summed E-state index contributed by atoms with van der Waals surface area (Å²) < 4.78 is 50.5. The van der Waals surface area contributed by atoms with E-state index in [-0.39, 0.29) is 69.5 Å². The number of hydrogen-bond donors (Lipinski definition) is 0. The molecular formula is C12H13BF3KN2O2. The van der Waals surface area contributed by atoms with Crippen molar-refractivity contribution in [2.75, 3.05) is 13.7 Å². The minimum absolute atomic E-state index is 0. The fraction of sp³-hybridized carbons (Fsp3) is 0.250. The number of ether oxygens (including phenoxy) is 2. The van der Waals surface area contributed by atoms with Gasteiger partial charge < -0.3 is 22.4 Å². The average Bonchev–Trinajstić information content (AvgIpc) is 2.91. The Bertz CT molecular complexity index is 564. The Hall–Kier alpha value is -0.479. The summed E-state index contributed by atoms with van der Waals surface area (Å²) in [5.41, 5.74) is -0.787. The van der Waals surface area contributed by atoms with Gasteiger partial charge in [0.05, 0.1) is 19.4 Å². The maximum atomic E-state index is 13.0. The van der Waals surface area contributed by atoms with Gasteiger partial charge >= 0.3 is 58.4 Å². The Morgan fingerprint density at radius 1 is 1.29 bits per heavy atom. The number of rotatable bonds is 6. The van der Waals surface area contributed by atoms with Gasteiger partial charge in [-0.25, -0.2) is 0 Å². The number of aromatic nitrogens is 2. The van der Waals surface area contributed by atoms with Crippen LogP contribution in [0.15, 0.2) is 36.7 Å². The van der Waals surface area contributed by atoms with E-state index >= 15 is 0 Å². The Morgan fingerprint density at radius 3 is 2.62 bits per heavy atom. The largest absolute Gasteiger partial charge is 1.00 e. The molecule has 0 aliphatic rings. The van der Waals surface area contributed by atoms with E-state index in [0.29, 0.717) is 6.54 Å². The maximum absolute atomic E-state index is 13.0. The first-order chi connectivity index (χ1) is 9.50. The van der Waals surface area contributed by atoms with Crippen LogP contribution in [0.4, 0.5) is 12.9 Å². The Morgan fingerprint density at radius 2 is 2.05 bits per heavy atom. The van der Waals surface area contributed by atoms with E-state index in [2.05, 4.69) is 5.10 Å². The molecule has 9 heteroatoms. The summed E-state index contributed by atoms with van der Waals surface area (Å²) in [7, 11) is 1.32. The molecule has 1 aromatic carbocycles. The number of halogens is 3. The van der Waals surface area contributed by atoms with Gasteiger partial charge in [0.25, 0.3) is 0 Å². The summed E-state index contributed by atoms with van der Waals surface area (Å²) in [6.07, 6.45) is 3.31. The molecule has 2 aromatic rings. The molecule has 4 nitrogen and oxygen atoms in total. The predicted molar refractivity (Wildman–Crippen MR) is 69.4 cm³/mol. The van der Waals surface area contributed by atoms with E-state index in [4.69, 9.17) is 9.47 Å². The van der Waals surface area contributed by atoms with Crippen molar-refractivity contribution in [2.45, 2.75) is 6.54 Å². The Kier molecular flexibility index (Phi) is 7.28. The third-order valence-electron chi connectivity index (χ3n) is 2.71. The van der Waals surface area contributed by atoms with Crippen molar-refractivity contribution in [3.63, 3.8) is 0 Å². The Labute approximate surface area is 163 Å². The van der Waals surface area contributed by atoms with Crippen molar-refractivity contribution < 1.29 is 73.8 Å². The fourth-order valence-corrected chi connectivity index (χ4v) is 1.72. The van der Waals surface area contributed by atoms with Crippen LogP contribution in [0.25, 0.3) is 0 Å². The van der Waals surface area contributed by atoms with Crippen LogP contribution in [0.5, 0.6) is 11.5 Å². The van der Waals surface area contributed by atoms with Gasteiger partial charge in [0, 0.05) is 12.4 Å². The molecular weight excluding hydrogens is 311 g/mol. The van der Waals surface area contributed by atoms with Gasteiger partial charge in [-0.2, -0.15) is 5.10 Å². The van der Waals surface area contributed by atoms with Gasteiger partial charge in [-0.3, -0.25) is 4.68 Å². The number of hydrogen-bond acceptors (Lipinski definition) is 3. The maximum Gasteiger partial charge on any atom is 1.00 e. The summed E-state index contributed by atoms with van der Waals surface area (Å²) in [5.74, 6) is -0.0379. The van der Waals surface area contributed by atoms with E-state index in [0.717, 1.165) is 6.07 Å². The quantitative estimate of drug-likeness (QED) is 0.642. The number of methoxy groups -OCH3 is 1. The molecule has 0 bridgehead atoms. The predicted octanol–water partition coefficient (Wildman–Crippen LogP) is -0.971. The monoisotopic (exact) mass is 324 g/mol. The SMILES string of the molecule is COc1ccc(OCCn2cccn2)c([B-](F)(F)F)c1.[K+]. The van der Waals surface area contributed by atoms with Crippen molar-refractivity contribution in [2.24, 2.45) is 0 Å². The van der Waals surface area contributed by atoms with Crippen LogP contribution in [0.2, 0.25) is 0 Å². The van der Waals surface area contributed by atoms with Crippen LogP contribution >= 0.6 is 0 Å². The summed E-state index contributed by atoms with van der Waals surface area (Å²) in [6, 6.07) is 5.39. The van der Waals surface area contributed by atoms with Crippen molar-refractivity contribution in [3.05, 3.63) is 36.7 Å². The molecule has 108 valence electrons. The van der Waals surface area contributed by atoms with E-state index in [1.54, 1.807) is 23.1 Å². The van der Waals surface area contributed by atoms with Gasteiger partial charge in [-0.15, -0.1) is 0 Å². The molecule has 0 unspecified atom stereocenters. The normalized spacial score (nSPS) is 10.9. The first-order valence-electron chi connectivity index (χ1n) is 5.99. The van der Waals surface area contributed by atoms with Crippen LogP contribution < -0.4 is 66.3 Å². The van der Waals surface area contributed by atoms with Crippen molar-refractivity contribution in [3.8, 4) is 11.5 Å². The second-order valence-electron chi connectivity index (χ2n) is 4.10. The van der Waals surface area contributed by atoms with Crippen LogP contribution in [0.3, 0.4) is 0 Å². The molecule has 0 amide bonds. The van der Waals surface area contributed by atoms with Crippen LogP contribution in [-0.2, 0) is 6.54 Å². The van der Waals surface area contributed by atoms with Gasteiger partial charge in [-0.05, 0) is 24.3 Å². The van der Waals surface area contributed by atoms with Gasteiger partial charge in [-0.1, -0.05) is 5.46 Å². The molecule has 0 atom stereocenters. The molecule has 0 radical (unpaired) electrons. The summed E-state index contributed by atoms with van der Waals surface area (Å²) >= 11 is 0. The molecule has 0 spiro atoms. The third kappa shape index (κ3) is 5.33. The molecule has 1 heterocycles. The molecule has 21 heavy (non-hydrogen) atoms. The molecule has 0 saturated carbocycles. The third-order valence-corrected chi connectivity index (χ3v) is 2.71. The smallest absolute Gasteiger partial charge is 0.497 e. The average molecular weight is 324 g/mol. The second kappa shape index (κ2) is 8.23. The van der Waals surface area contributed by atoms with E-state index < -0.39 is 12.4 Å². The van der Waals surface area contributed by atoms with E-state index in [9.17, 15) is 12.9 Å². The van der Waals surface area contributed by atoms with E-state index in [1.807, 2.05) is 0 Å². The van der Waals surface area contributed by atoms with Crippen molar-refractivity contribution in [1.82, 2.24) is 9.78 Å². The minimum Gasteiger partial charge on any atom is -0.497 e. The summed E-state index contributed by atoms with van der Waals surface area (Å²) in [5, 5.41) is 3.94. The minimum atomic E-state index is -5.16. The zero-order valence-electron chi connectivity index (χ0n) is 11.8. The summed E-state index contributed by atoms with van der Waals surface area (Å²) in [4.78, 5) is 0. The molecule has 0 aliphatic carbocycles. The molecule has 0 N–H and O–H groups in total. The standard InChI is InChI=1S/C12H13BF3N2O2.K/c1-19-10-3-4-12(11(9-10)13(14,15)16)20-8-7-18-6-2-5-17-18;/h2-6,9H,7-8H2,1H3;/q-1;+1.